The minimum absolute atomic E-state index is 0.239. The van der Waals surface area contributed by atoms with Gasteiger partial charge in [-0.1, -0.05) is 50.5 Å². The van der Waals surface area contributed by atoms with Crippen molar-refractivity contribution in [3.63, 3.8) is 0 Å². The van der Waals surface area contributed by atoms with Gasteiger partial charge in [-0.25, -0.2) is 0 Å². The zero-order chi connectivity index (χ0) is 18.8. The fraction of sp³-hybridized carbons (Fsp3) is 0.773. The van der Waals surface area contributed by atoms with E-state index in [0.29, 0.717) is 30.5 Å². The van der Waals surface area contributed by atoms with E-state index in [1.165, 1.54) is 12.8 Å². The molecule has 0 spiro atoms. The lowest BCUT2D eigenvalue weighted by atomic mass is 9.81. The largest absolute Gasteiger partial charge is 0.481 e. The van der Waals surface area contributed by atoms with Crippen LogP contribution in [0.4, 0.5) is 0 Å². The van der Waals surface area contributed by atoms with Crippen LogP contribution in [0.15, 0.2) is 24.3 Å². The van der Waals surface area contributed by atoms with E-state index in [0.717, 1.165) is 44.9 Å². The van der Waals surface area contributed by atoms with Crippen molar-refractivity contribution < 1.29 is 19.7 Å². The Bertz CT molecular complexity index is 471. The summed E-state index contributed by atoms with van der Waals surface area (Å²) >= 11 is 0. The minimum Gasteiger partial charge on any atom is -0.481 e. The zero-order valence-electron chi connectivity index (χ0n) is 16.2. The molecular weight excluding hydrogens is 328 g/mol. The van der Waals surface area contributed by atoms with Gasteiger partial charge in [0.2, 0.25) is 0 Å². The molecule has 4 nitrogen and oxygen atoms in total. The normalized spacial score (nSPS) is 29.6. The molecule has 2 N–H and O–H groups in total. The van der Waals surface area contributed by atoms with Crippen molar-refractivity contribution >= 4 is 5.97 Å². The highest BCUT2D eigenvalue weighted by molar-refractivity contribution is 5.66. The second-order valence-electron chi connectivity index (χ2n) is 7.88. The Morgan fingerprint density at radius 3 is 2.85 bits per heavy atom. The number of carboxylic acids is 1. The molecule has 26 heavy (non-hydrogen) atoms. The van der Waals surface area contributed by atoms with Gasteiger partial charge in [-0.05, 0) is 56.8 Å². The van der Waals surface area contributed by atoms with Crippen molar-refractivity contribution in [1.82, 2.24) is 0 Å². The van der Waals surface area contributed by atoms with Crippen LogP contribution in [0.2, 0.25) is 0 Å². The SMILES string of the molecule is CCCCCC(O)/C=C/C1C[C@@H]2CCC(O2)[C@@H]1C/C=C\CCCC(=O)O. The number of hydrogen-bond acceptors (Lipinski definition) is 3. The van der Waals surface area contributed by atoms with Crippen LogP contribution in [0.25, 0.3) is 0 Å². The molecule has 2 fully saturated rings. The summed E-state index contributed by atoms with van der Waals surface area (Å²) in [5.74, 6) is 0.230. The van der Waals surface area contributed by atoms with Gasteiger partial charge in [0, 0.05) is 6.42 Å². The topological polar surface area (TPSA) is 66.8 Å². The Labute approximate surface area is 158 Å². The first-order chi connectivity index (χ1) is 12.6. The van der Waals surface area contributed by atoms with Crippen molar-refractivity contribution in [2.45, 2.75) is 95.9 Å². The van der Waals surface area contributed by atoms with Crippen LogP contribution >= 0.6 is 0 Å². The zero-order valence-corrected chi connectivity index (χ0v) is 16.2. The van der Waals surface area contributed by atoms with Gasteiger partial charge in [0.05, 0.1) is 18.3 Å². The predicted molar refractivity (Wildman–Crippen MR) is 104 cm³/mol. The van der Waals surface area contributed by atoms with Crippen LogP contribution in [-0.4, -0.2) is 34.5 Å². The van der Waals surface area contributed by atoms with Gasteiger partial charge in [0.15, 0.2) is 0 Å². The smallest absolute Gasteiger partial charge is 0.303 e. The van der Waals surface area contributed by atoms with Crippen LogP contribution in [-0.2, 0) is 9.53 Å². The molecule has 0 aromatic heterocycles. The molecule has 2 aliphatic rings. The average molecular weight is 365 g/mol. The Morgan fingerprint density at radius 1 is 1.23 bits per heavy atom. The number of carbonyl (C=O) groups is 1. The molecule has 0 aromatic carbocycles. The predicted octanol–water partition coefficient (Wildman–Crippen LogP) is 4.87. The third kappa shape index (κ3) is 7.24. The summed E-state index contributed by atoms with van der Waals surface area (Å²) < 4.78 is 6.13. The fourth-order valence-corrected chi connectivity index (χ4v) is 4.24. The van der Waals surface area contributed by atoms with Crippen LogP contribution in [0.3, 0.4) is 0 Å². The van der Waals surface area contributed by atoms with Crippen molar-refractivity contribution in [2.75, 3.05) is 0 Å². The van der Waals surface area contributed by atoms with E-state index < -0.39 is 5.97 Å². The monoisotopic (exact) mass is 364 g/mol. The van der Waals surface area contributed by atoms with Gasteiger partial charge in [-0.15, -0.1) is 0 Å². The maximum atomic E-state index is 10.5. The number of aliphatic hydroxyl groups excluding tert-OH is 1. The standard InChI is InChI=1S/C22H36O4/c1-2-3-6-9-18(23)13-12-17-16-19-14-15-21(26-19)20(17)10-7-4-5-8-11-22(24)25/h4,7,12-13,17-21,23H,2-3,5-6,8-11,14-16H2,1H3,(H,24,25)/b7-4-,13-12+/t17?,18?,19-,20+,21?/m0/s1. The summed E-state index contributed by atoms with van der Waals surface area (Å²) in [6.45, 7) is 2.18. The van der Waals surface area contributed by atoms with Crippen LogP contribution in [0.5, 0.6) is 0 Å². The summed E-state index contributed by atoms with van der Waals surface area (Å²) in [6, 6.07) is 0. The number of ether oxygens (including phenoxy) is 1. The fourth-order valence-electron chi connectivity index (χ4n) is 4.24. The Hall–Kier alpha value is -1.13. The first kappa shape index (κ1) is 21.2. The van der Waals surface area contributed by atoms with Gasteiger partial charge < -0.3 is 14.9 Å². The molecule has 0 aliphatic carbocycles. The average Bonchev–Trinajstić information content (AvgIpc) is 3.00. The molecule has 2 aliphatic heterocycles. The first-order valence-corrected chi connectivity index (χ1v) is 10.5. The number of aliphatic hydroxyl groups is 1. The number of unbranched alkanes of at least 4 members (excludes halogenated alkanes) is 3. The second-order valence-corrected chi connectivity index (χ2v) is 7.88. The molecule has 2 heterocycles. The highest BCUT2D eigenvalue weighted by Crippen LogP contribution is 2.42. The lowest BCUT2D eigenvalue weighted by Crippen LogP contribution is -2.34. The molecule has 4 heteroatoms. The quantitative estimate of drug-likeness (QED) is 0.383. The summed E-state index contributed by atoms with van der Waals surface area (Å²) in [5, 5.41) is 18.9. The highest BCUT2D eigenvalue weighted by atomic mass is 16.5. The first-order valence-electron chi connectivity index (χ1n) is 10.5. The molecular formula is C22H36O4. The van der Waals surface area contributed by atoms with Crippen molar-refractivity contribution in [3.05, 3.63) is 24.3 Å². The molecule has 2 rings (SSSR count). The van der Waals surface area contributed by atoms with Crippen LogP contribution < -0.4 is 0 Å². The van der Waals surface area contributed by atoms with Crippen LogP contribution in [0, 0.1) is 11.8 Å². The van der Waals surface area contributed by atoms with Crippen LogP contribution in [0.1, 0.15) is 77.6 Å². The molecule has 2 saturated heterocycles. The molecule has 3 unspecified atom stereocenters. The van der Waals surface area contributed by atoms with E-state index >= 15 is 0 Å². The lowest BCUT2D eigenvalue weighted by molar-refractivity contribution is -0.137. The lowest BCUT2D eigenvalue weighted by Gasteiger charge is -2.35. The molecule has 0 radical (unpaired) electrons. The van der Waals surface area contributed by atoms with E-state index in [9.17, 15) is 9.90 Å². The van der Waals surface area contributed by atoms with Crippen molar-refractivity contribution in [3.8, 4) is 0 Å². The number of aliphatic carboxylic acids is 1. The van der Waals surface area contributed by atoms with Gasteiger partial charge in [0.1, 0.15) is 0 Å². The van der Waals surface area contributed by atoms with E-state index in [1.54, 1.807) is 0 Å². The third-order valence-electron chi connectivity index (χ3n) is 5.72. The van der Waals surface area contributed by atoms with Gasteiger partial charge in [0.25, 0.3) is 0 Å². The van der Waals surface area contributed by atoms with E-state index in [4.69, 9.17) is 9.84 Å². The molecule has 0 amide bonds. The number of rotatable bonds is 12. The molecule has 0 aromatic rings. The summed E-state index contributed by atoms with van der Waals surface area (Å²) in [6.07, 6.45) is 19.4. The van der Waals surface area contributed by atoms with E-state index in [-0.39, 0.29) is 12.5 Å². The maximum Gasteiger partial charge on any atom is 0.303 e. The second kappa shape index (κ2) is 11.6. The van der Waals surface area contributed by atoms with Gasteiger partial charge in [-0.2, -0.15) is 0 Å². The Balaban J connectivity index is 1.82. The molecule has 148 valence electrons. The molecule has 2 bridgehead atoms. The van der Waals surface area contributed by atoms with Gasteiger partial charge in [-0.3, -0.25) is 4.79 Å². The summed E-state index contributed by atoms with van der Waals surface area (Å²) in [5.41, 5.74) is 0. The van der Waals surface area contributed by atoms with Crippen molar-refractivity contribution in [1.29, 1.82) is 0 Å². The number of fused-ring (bicyclic) bond motifs is 2. The Morgan fingerprint density at radius 2 is 2.08 bits per heavy atom. The number of hydrogen-bond donors (Lipinski definition) is 2. The third-order valence-corrected chi connectivity index (χ3v) is 5.72. The molecule has 5 atom stereocenters. The van der Waals surface area contributed by atoms with Crippen molar-refractivity contribution in [2.24, 2.45) is 11.8 Å². The van der Waals surface area contributed by atoms with Gasteiger partial charge >= 0.3 is 5.97 Å². The van der Waals surface area contributed by atoms with E-state index in [1.807, 2.05) is 6.08 Å². The number of carboxylic acid groups (broad SMARTS) is 1. The molecule has 0 saturated carbocycles. The summed E-state index contributed by atoms with van der Waals surface area (Å²) in [4.78, 5) is 10.5. The summed E-state index contributed by atoms with van der Waals surface area (Å²) in [7, 11) is 0. The minimum atomic E-state index is -0.723. The van der Waals surface area contributed by atoms with E-state index in [2.05, 4.69) is 25.2 Å². The maximum absolute atomic E-state index is 10.5. The highest BCUT2D eigenvalue weighted by Gasteiger charge is 2.41. The Kier molecular flexibility index (Phi) is 9.41. The number of allylic oxidation sites excluding steroid dienone is 3.